The third kappa shape index (κ3) is 4.58. The van der Waals surface area contributed by atoms with Crippen molar-refractivity contribution in [2.45, 2.75) is 70.1 Å². The Balaban J connectivity index is 1.20. The number of pyridine rings is 1. The first-order valence-electron chi connectivity index (χ1n) is 13.6. The minimum absolute atomic E-state index is 0.0383. The Labute approximate surface area is 218 Å². The smallest absolute Gasteiger partial charge is 0.307 e. The fourth-order valence-corrected chi connectivity index (χ4v) is 7.56. The van der Waals surface area contributed by atoms with E-state index in [1.165, 1.54) is 49.7 Å². The van der Waals surface area contributed by atoms with Crippen LogP contribution < -0.4 is 16.2 Å². The number of nitrogens with zero attached hydrogens (tertiary/aromatic N) is 1. The van der Waals surface area contributed by atoms with Crippen LogP contribution in [0.1, 0.15) is 80.9 Å². The van der Waals surface area contributed by atoms with Gasteiger partial charge in [0.1, 0.15) is 5.69 Å². The second kappa shape index (κ2) is 8.86. The molecule has 4 saturated carbocycles. The second-order valence-electron chi connectivity index (χ2n) is 12.6. The third-order valence-corrected chi connectivity index (χ3v) is 8.86. The summed E-state index contributed by atoms with van der Waals surface area (Å²) in [6.07, 6.45) is 7.74. The maximum atomic E-state index is 13.2. The number of para-hydroxylation sites is 1. The molecule has 0 unspecified atom stereocenters. The zero-order valence-electron chi connectivity index (χ0n) is 21.9. The summed E-state index contributed by atoms with van der Waals surface area (Å²) in [5.41, 5.74) is 9.52. The number of carbonyl (C=O) groups is 2. The summed E-state index contributed by atoms with van der Waals surface area (Å²) >= 11 is 0. The molecule has 1 heterocycles. The molecule has 37 heavy (non-hydrogen) atoms. The van der Waals surface area contributed by atoms with Crippen molar-refractivity contribution in [2.24, 2.45) is 17.8 Å². The number of hydrazine groups is 1. The Kier molecular flexibility index (Phi) is 5.74. The number of carbonyl (C=O) groups excluding carboxylic acids is 2. The van der Waals surface area contributed by atoms with Crippen molar-refractivity contribution in [3.05, 3.63) is 71.4 Å². The van der Waals surface area contributed by atoms with Gasteiger partial charge < -0.3 is 5.32 Å². The number of amides is 3. The predicted octanol–water partition coefficient (Wildman–Crippen LogP) is 6.47. The highest BCUT2D eigenvalue weighted by molar-refractivity contribution is 5.98. The molecule has 192 valence electrons. The molecule has 0 atom stereocenters. The van der Waals surface area contributed by atoms with Gasteiger partial charge in [-0.15, -0.1) is 0 Å². The van der Waals surface area contributed by atoms with E-state index in [0.717, 1.165) is 28.7 Å². The van der Waals surface area contributed by atoms with Gasteiger partial charge in [0.05, 0.1) is 5.52 Å². The monoisotopic (exact) mass is 496 g/mol. The first kappa shape index (κ1) is 24.0. The first-order valence-corrected chi connectivity index (χ1v) is 13.6. The maximum Gasteiger partial charge on any atom is 0.337 e. The molecule has 4 fully saturated rings. The van der Waals surface area contributed by atoms with Crippen molar-refractivity contribution in [3.8, 4) is 0 Å². The topological polar surface area (TPSA) is 83.1 Å². The van der Waals surface area contributed by atoms with Gasteiger partial charge in [0.15, 0.2) is 0 Å². The quantitative estimate of drug-likeness (QED) is 0.364. The van der Waals surface area contributed by atoms with Crippen LogP contribution in [0.2, 0.25) is 0 Å². The lowest BCUT2D eigenvalue weighted by Crippen LogP contribution is -2.49. The maximum absolute atomic E-state index is 13.2. The summed E-state index contributed by atoms with van der Waals surface area (Å²) in [5.74, 6) is 2.00. The molecule has 2 aromatic carbocycles. The van der Waals surface area contributed by atoms with Gasteiger partial charge in [-0.25, -0.2) is 15.2 Å². The van der Waals surface area contributed by atoms with E-state index in [9.17, 15) is 9.59 Å². The fraction of sp³-hybridized carbons (Fsp3) is 0.452. The van der Waals surface area contributed by atoms with Crippen molar-refractivity contribution in [1.29, 1.82) is 0 Å². The minimum atomic E-state index is -0.501. The number of benzene rings is 2. The Morgan fingerprint density at radius 1 is 0.865 bits per heavy atom. The van der Waals surface area contributed by atoms with Gasteiger partial charge in [-0.2, -0.15) is 0 Å². The van der Waals surface area contributed by atoms with E-state index in [1.54, 1.807) is 0 Å². The lowest BCUT2D eigenvalue weighted by molar-refractivity contribution is -0.00454. The number of aromatic nitrogens is 1. The number of rotatable bonds is 3. The van der Waals surface area contributed by atoms with E-state index in [1.807, 2.05) is 42.5 Å². The van der Waals surface area contributed by atoms with Crippen molar-refractivity contribution in [2.75, 3.05) is 5.32 Å². The van der Waals surface area contributed by atoms with Crippen LogP contribution >= 0.6 is 0 Å². The summed E-state index contributed by atoms with van der Waals surface area (Å²) in [4.78, 5) is 30.3. The van der Waals surface area contributed by atoms with Crippen molar-refractivity contribution >= 4 is 28.5 Å². The van der Waals surface area contributed by atoms with Gasteiger partial charge in [0, 0.05) is 11.1 Å². The largest absolute Gasteiger partial charge is 0.337 e. The van der Waals surface area contributed by atoms with Crippen LogP contribution in [0.25, 0.3) is 10.9 Å². The Morgan fingerprint density at radius 3 is 2.11 bits per heavy atom. The lowest BCUT2D eigenvalue weighted by Gasteiger charge is -2.57. The molecule has 0 spiro atoms. The van der Waals surface area contributed by atoms with Crippen molar-refractivity contribution in [3.63, 3.8) is 0 Å². The summed E-state index contributed by atoms with van der Waals surface area (Å²) in [5, 5.41) is 3.93. The number of hydrogen-bond donors (Lipinski definition) is 3. The third-order valence-electron chi connectivity index (χ3n) is 8.86. The Morgan fingerprint density at radius 2 is 1.49 bits per heavy atom. The number of nitrogens with one attached hydrogen (secondary N) is 3. The van der Waals surface area contributed by atoms with E-state index in [0.29, 0.717) is 11.4 Å². The van der Waals surface area contributed by atoms with Crippen molar-refractivity contribution < 1.29 is 9.59 Å². The summed E-state index contributed by atoms with van der Waals surface area (Å²) in [6.45, 7) is 6.44. The highest BCUT2D eigenvalue weighted by Gasteiger charge is 2.52. The van der Waals surface area contributed by atoms with E-state index in [4.69, 9.17) is 0 Å². The molecule has 4 bridgehead atoms. The van der Waals surface area contributed by atoms with E-state index < -0.39 is 11.9 Å². The van der Waals surface area contributed by atoms with Gasteiger partial charge in [-0.1, -0.05) is 51.1 Å². The molecule has 3 amide bonds. The lowest BCUT2D eigenvalue weighted by atomic mass is 9.48. The van der Waals surface area contributed by atoms with Crippen LogP contribution in [-0.4, -0.2) is 16.9 Å². The standard InChI is InChI=1S/C31H36N4O2/c1-30(2,3)22-8-10-23(11-9-22)32-29(37)35-34-28(36)27-15-25(24-6-4-5-7-26(24)33-27)31-16-19-12-20(17-31)14-21(13-19)18-31/h4-11,15,19-21H,12-14,16-18H2,1-3H3,(H,34,36)(H2,32,35,37). The second-order valence-corrected chi connectivity index (χ2v) is 12.6. The Bertz CT molecular complexity index is 1320. The van der Waals surface area contributed by atoms with E-state index >= 15 is 0 Å². The van der Waals surface area contributed by atoms with Gasteiger partial charge in [-0.05, 0) is 103 Å². The molecule has 1 aromatic heterocycles. The predicted molar refractivity (Wildman–Crippen MR) is 146 cm³/mol. The SMILES string of the molecule is CC(C)(C)c1ccc(NC(=O)NNC(=O)c2cc(C34CC5CC(CC(C5)C3)C4)c3ccccc3n2)cc1. The average Bonchev–Trinajstić information content (AvgIpc) is 2.85. The van der Waals surface area contributed by atoms with Crippen LogP contribution in [-0.2, 0) is 10.8 Å². The Hall–Kier alpha value is -3.41. The highest BCUT2D eigenvalue weighted by atomic mass is 16.2. The minimum Gasteiger partial charge on any atom is -0.307 e. The normalized spacial score (nSPS) is 26.2. The molecule has 4 aliphatic carbocycles. The van der Waals surface area contributed by atoms with Crippen LogP contribution in [0.15, 0.2) is 54.6 Å². The number of urea groups is 1. The highest BCUT2D eigenvalue weighted by Crippen LogP contribution is 2.61. The van der Waals surface area contributed by atoms with Gasteiger partial charge >= 0.3 is 6.03 Å². The van der Waals surface area contributed by atoms with E-state index in [-0.39, 0.29) is 10.8 Å². The molecule has 3 aromatic rings. The number of fused-ring (bicyclic) bond motifs is 1. The van der Waals surface area contributed by atoms with Crippen LogP contribution in [0.5, 0.6) is 0 Å². The van der Waals surface area contributed by atoms with Crippen LogP contribution in [0.3, 0.4) is 0 Å². The van der Waals surface area contributed by atoms with Crippen LogP contribution in [0.4, 0.5) is 10.5 Å². The fourth-order valence-electron chi connectivity index (χ4n) is 7.56. The first-order chi connectivity index (χ1) is 17.7. The van der Waals surface area contributed by atoms with Gasteiger partial charge in [0.2, 0.25) is 0 Å². The molecular formula is C31H36N4O2. The number of hydrogen-bond acceptors (Lipinski definition) is 3. The summed E-state index contributed by atoms with van der Waals surface area (Å²) in [6, 6.07) is 17.4. The van der Waals surface area contributed by atoms with Crippen LogP contribution in [0, 0.1) is 17.8 Å². The van der Waals surface area contributed by atoms with Crippen molar-refractivity contribution in [1.82, 2.24) is 15.8 Å². The zero-order chi connectivity index (χ0) is 25.8. The molecule has 6 nitrogen and oxygen atoms in total. The van der Waals surface area contributed by atoms with Gasteiger partial charge in [0.25, 0.3) is 5.91 Å². The van der Waals surface area contributed by atoms with E-state index in [2.05, 4.69) is 54.1 Å². The molecule has 6 heteroatoms. The molecule has 0 aliphatic heterocycles. The number of anilines is 1. The summed E-state index contributed by atoms with van der Waals surface area (Å²) in [7, 11) is 0. The average molecular weight is 497 g/mol. The molecule has 4 aliphatic rings. The van der Waals surface area contributed by atoms with Gasteiger partial charge in [-0.3, -0.25) is 10.2 Å². The zero-order valence-corrected chi connectivity index (χ0v) is 21.9. The molecule has 0 radical (unpaired) electrons. The molecule has 7 rings (SSSR count). The molecular weight excluding hydrogens is 460 g/mol. The summed E-state index contributed by atoms with van der Waals surface area (Å²) < 4.78 is 0. The molecule has 0 saturated heterocycles. The molecule has 3 N–H and O–H groups in total.